The zero-order valence-corrected chi connectivity index (χ0v) is 22.1. The van der Waals surface area contributed by atoms with Crippen molar-refractivity contribution in [1.82, 2.24) is 15.0 Å². The van der Waals surface area contributed by atoms with E-state index in [0.29, 0.717) is 6.04 Å². The van der Waals surface area contributed by atoms with Gasteiger partial charge in [-0.2, -0.15) is 0 Å². The number of nitrogens with zero attached hydrogens (tertiary/aromatic N) is 3. The van der Waals surface area contributed by atoms with Crippen molar-refractivity contribution in [1.29, 1.82) is 0 Å². The number of benzene rings is 3. The molecule has 0 N–H and O–H groups in total. The predicted molar refractivity (Wildman–Crippen MR) is 141 cm³/mol. The summed E-state index contributed by atoms with van der Waals surface area (Å²) >= 11 is 0. The van der Waals surface area contributed by atoms with Gasteiger partial charge in [-0.3, -0.25) is 4.79 Å². The molecule has 0 aliphatic carbocycles. The first kappa shape index (κ1) is 23.9. The molecule has 0 aliphatic heterocycles. The second kappa shape index (κ2) is 8.84. The molecular formula is C28H33N3O2Si. The lowest BCUT2D eigenvalue weighted by Crippen LogP contribution is -2.49. The molecule has 3 aromatic carbocycles. The highest BCUT2D eigenvalue weighted by atomic mass is 28.3. The Balaban J connectivity index is 2.11. The minimum Gasteiger partial charge on any atom is -0.497 e. The SMILES string of the molecule is COc1ccc(C(C[Si](C)(C)C)(C(=O)c2c(C)cc(C)cc2C)n2nnc3ccccc32)cc1. The molecule has 0 aliphatic rings. The summed E-state index contributed by atoms with van der Waals surface area (Å²) in [5, 5.41) is 9.09. The standard InChI is InChI=1S/C28H33N3O2Si/c1-19-16-20(2)26(21(3)17-19)27(32)28(18-34(5,6)7,22-12-14-23(33-4)15-13-22)31-25-11-9-8-10-24(25)29-30-31/h8-17H,18H2,1-7H3. The Morgan fingerprint density at radius 1 is 0.971 bits per heavy atom. The number of hydrogen-bond donors (Lipinski definition) is 0. The van der Waals surface area contributed by atoms with Crippen LogP contribution in [0.15, 0.2) is 60.7 Å². The highest BCUT2D eigenvalue weighted by molar-refractivity contribution is 6.76. The second-order valence-electron chi connectivity index (χ2n) is 10.4. The third-order valence-corrected chi connectivity index (χ3v) is 7.92. The van der Waals surface area contributed by atoms with E-state index >= 15 is 0 Å². The maximum absolute atomic E-state index is 14.9. The normalized spacial score (nSPS) is 13.6. The van der Waals surface area contributed by atoms with Gasteiger partial charge in [-0.1, -0.05) is 66.8 Å². The molecule has 4 aromatic rings. The van der Waals surface area contributed by atoms with E-state index in [2.05, 4.69) is 49.0 Å². The van der Waals surface area contributed by atoms with Gasteiger partial charge in [0.05, 0.1) is 12.6 Å². The van der Waals surface area contributed by atoms with Gasteiger partial charge in [0, 0.05) is 13.6 Å². The fourth-order valence-electron chi connectivity index (χ4n) is 5.14. The van der Waals surface area contributed by atoms with Crippen LogP contribution in [0, 0.1) is 20.8 Å². The lowest BCUT2D eigenvalue weighted by atomic mass is 9.80. The third kappa shape index (κ3) is 4.18. The number of Topliss-reactive ketones (excluding diaryl/α,β-unsaturated/α-hetero) is 1. The average Bonchev–Trinajstić information content (AvgIpc) is 3.21. The molecule has 1 heterocycles. The van der Waals surface area contributed by atoms with Gasteiger partial charge in [0.25, 0.3) is 0 Å². The summed E-state index contributed by atoms with van der Waals surface area (Å²) in [5.41, 5.74) is 5.39. The molecule has 4 rings (SSSR count). The Morgan fingerprint density at radius 2 is 1.59 bits per heavy atom. The number of carbonyl (C=O) groups excluding carboxylic acids is 1. The predicted octanol–water partition coefficient (Wildman–Crippen LogP) is 6.33. The van der Waals surface area contributed by atoms with E-state index in [0.717, 1.165) is 44.6 Å². The van der Waals surface area contributed by atoms with Crippen molar-refractivity contribution in [3.8, 4) is 5.75 Å². The Kier molecular flexibility index (Phi) is 6.21. The number of fused-ring (bicyclic) bond motifs is 1. The third-order valence-electron chi connectivity index (χ3n) is 6.35. The van der Waals surface area contributed by atoms with Crippen LogP contribution in [0.5, 0.6) is 5.75 Å². The van der Waals surface area contributed by atoms with E-state index in [1.54, 1.807) is 7.11 Å². The van der Waals surface area contributed by atoms with Gasteiger partial charge in [-0.15, -0.1) is 5.10 Å². The molecule has 0 fully saturated rings. The van der Waals surface area contributed by atoms with Crippen molar-refractivity contribution in [2.24, 2.45) is 0 Å². The fourth-order valence-corrected chi connectivity index (χ4v) is 7.19. The van der Waals surface area contributed by atoms with Crippen LogP contribution < -0.4 is 4.74 Å². The summed E-state index contributed by atoms with van der Waals surface area (Å²) < 4.78 is 7.31. The second-order valence-corrected chi connectivity index (χ2v) is 15.9. The Labute approximate surface area is 202 Å². The van der Waals surface area contributed by atoms with Gasteiger partial charge in [-0.25, -0.2) is 4.68 Å². The largest absolute Gasteiger partial charge is 0.497 e. The summed E-state index contributed by atoms with van der Waals surface area (Å²) in [6.45, 7) is 13.0. The summed E-state index contributed by atoms with van der Waals surface area (Å²) in [5.74, 6) is 0.815. The smallest absolute Gasteiger partial charge is 0.195 e. The van der Waals surface area contributed by atoms with Crippen LogP contribution in [0.4, 0.5) is 0 Å². The van der Waals surface area contributed by atoms with Crippen molar-refractivity contribution in [3.63, 3.8) is 0 Å². The zero-order chi connectivity index (χ0) is 24.7. The van der Waals surface area contributed by atoms with Crippen LogP contribution in [-0.4, -0.2) is 36.0 Å². The van der Waals surface area contributed by atoms with E-state index in [1.165, 1.54) is 0 Å². The first-order valence-electron chi connectivity index (χ1n) is 11.6. The maximum Gasteiger partial charge on any atom is 0.195 e. The molecule has 5 nitrogen and oxygen atoms in total. The maximum atomic E-state index is 14.9. The van der Waals surface area contributed by atoms with Gasteiger partial charge >= 0.3 is 0 Å². The Morgan fingerprint density at radius 3 is 2.18 bits per heavy atom. The molecule has 1 atom stereocenters. The molecule has 0 radical (unpaired) electrons. The van der Waals surface area contributed by atoms with Gasteiger partial charge in [-0.05, 0) is 67.8 Å². The zero-order valence-electron chi connectivity index (χ0n) is 21.1. The van der Waals surface area contributed by atoms with Gasteiger partial charge in [0.2, 0.25) is 0 Å². The van der Waals surface area contributed by atoms with E-state index < -0.39 is 13.6 Å². The van der Waals surface area contributed by atoms with E-state index in [-0.39, 0.29) is 5.78 Å². The van der Waals surface area contributed by atoms with E-state index in [1.807, 2.05) is 67.1 Å². The number of ether oxygens (including phenoxy) is 1. The van der Waals surface area contributed by atoms with Crippen LogP contribution in [0.3, 0.4) is 0 Å². The number of carbonyl (C=O) groups is 1. The molecular weight excluding hydrogens is 438 g/mol. The number of methoxy groups -OCH3 is 1. The molecule has 34 heavy (non-hydrogen) atoms. The molecule has 1 aromatic heterocycles. The molecule has 0 saturated heterocycles. The molecule has 0 spiro atoms. The van der Waals surface area contributed by atoms with Crippen molar-refractivity contribution < 1.29 is 9.53 Å². The summed E-state index contributed by atoms with van der Waals surface area (Å²) in [6.07, 6.45) is 0. The van der Waals surface area contributed by atoms with Crippen LogP contribution in [-0.2, 0) is 5.54 Å². The van der Waals surface area contributed by atoms with E-state index in [9.17, 15) is 4.79 Å². The molecule has 0 saturated carbocycles. The highest BCUT2D eigenvalue weighted by Crippen LogP contribution is 2.41. The number of aromatic nitrogens is 3. The fraction of sp³-hybridized carbons (Fsp3) is 0.321. The van der Waals surface area contributed by atoms with Crippen LogP contribution in [0.2, 0.25) is 25.7 Å². The molecule has 0 amide bonds. The van der Waals surface area contributed by atoms with Gasteiger partial charge < -0.3 is 4.74 Å². The molecule has 1 unspecified atom stereocenters. The molecule has 176 valence electrons. The summed E-state index contributed by atoms with van der Waals surface area (Å²) in [7, 11) is -0.171. The lowest BCUT2D eigenvalue weighted by Gasteiger charge is -2.38. The number of rotatable bonds is 7. The van der Waals surface area contributed by atoms with Crippen molar-refractivity contribution >= 4 is 24.9 Å². The highest BCUT2D eigenvalue weighted by Gasteiger charge is 2.48. The monoisotopic (exact) mass is 471 g/mol. The number of hydrogen-bond acceptors (Lipinski definition) is 4. The average molecular weight is 472 g/mol. The Bertz CT molecular complexity index is 1330. The number of para-hydroxylation sites is 1. The quantitative estimate of drug-likeness (QED) is 0.233. The van der Waals surface area contributed by atoms with Crippen LogP contribution in [0.1, 0.15) is 32.6 Å². The number of aryl methyl sites for hydroxylation is 3. The lowest BCUT2D eigenvalue weighted by molar-refractivity contribution is 0.0857. The van der Waals surface area contributed by atoms with Gasteiger partial charge in [0.15, 0.2) is 11.3 Å². The van der Waals surface area contributed by atoms with Crippen molar-refractivity contribution in [2.75, 3.05) is 7.11 Å². The minimum atomic E-state index is -1.82. The summed E-state index contributed by atoms with van der Waals surface area (Å²) in [6, 6.07) is 20.6. The molecule has 0 bridgehead atoms. The molecule has 6 heteroatoms. The Hall–Kier alpha value is -3.25. The topological polar surface area (TPSA) is 57.0 Å². The van der Waals surface area contributed by atoms with Crippen molar-refractivity contribution in [3.05, 3.63) is 88.5 Å². The first-order chi connectivity index (χ1) is 16.1. The van der Waals surface area contributed by atoms with Crippen molar-refractivity contribution in [2.45, 2.75) is 52.0 Å². The summed E-state index contributed by atoms with van der Waals surface area (Å²) in [4.78, 5) is 14.9. The van der Waals surface area contributed by atoms with Crippen LogP contribution in [0.25, 0.3) is 11.0 Å². The van der Waals surface area contributed by atoms with Gasteiger partial charge in [0.1, 0.15) is 11.3 Å². The number of ketones is 1. The minimum absolute atomic E-state index is 0.0609. The first-order valence-corrected chi connectivity index (χ1v) is 15.4. The van der Waals surface area contributed by atoms with E-state index in [4.69, 9.17) is 4.74 Å². The van der Waals surface area contributed by atoms with Crippen LogP contribution >= 0.6 is 0 Å².